The van der Waals surface area contributed by atoms with Gasteiger partial charge >= 0.3 is 16.3 Å². The summed E-state index contributed by atoms with van der Waals surface area (Å²) in [4.78, 5) is 11.1. The molecule has 0 saturated heterocycles. The lowest BCUT2D eigenvalue weighted by Crippen LogP contribution is -2.47. The van der Waals surface area contributed by atoms with Crippen LogP contribution in [-0.4, -0.2) is 37.9 Å². The molecule has 0 aromatic carbocycles. The first-order valence-electron chi connectivity index (χ1n) is 5.93. The smallest absolute Gasteiger partial charge is 0.422 e. The van der Waals surface area contributed by atoms with Gasteiger partial charge in [-0.3, -0.25) is 0 Å². The summed E-state index contributed by atoms with van der Waals surface area (Å²) < 4.78 is 31.5. The highest BCUT2D eigenvalue weighted by molar-refractivity contribution is 7.88. The van der Waals surface area contributed by atoms with Crippen LogP contribution in [-0.2, 0) is 14.9 Å². The number of carbonyl (C=O) groups excluding carboxylic acids is 1. The van der Waals surface area contributed by atoms with Crippen LogP contribution in [0, 0.1) is 0 Å². The topological polar surface area (TPSA) is 105 Å². The van der Waals surface area contributed by atoms with Gasteiger partial charge in [0.15, 0.2) is 0 Å². The normalized spacial score (nSPS) is 18.9. The van der Waals surface area contributed by atoms with Crippen molar-refractivity contribution in [1.82, 2.24) is 9.44 Å². The number of amides is 1. The minimum Gasteiger partial charge on any atom is -0.446 e. The van der Waals surface area contributed by atoms with Gasteiger partial charge in [0.1, 0.15) is 0 Å². The monoisotopic (exact) mass is 280 g/mol. The van der Waals surface area contributed by atoms with Gasteiger partial charge < -0.3 is 9.84 Å². The molecule has 0 unspecified atom stereocenters. The van der Waals surface area contributed by atoms with Gasteiger partial charge in [-0.2, -0.15) is 13.1 Å². The van der Waals surface area contributed by atoms with E-state index in [-0.39, 0.29) is 6.54 Å². The first-order chi connectivity index (χ1) is 8.22. The summed E-state index contributed by atoms with van der Waals surface area (Å²) >= 11 is 0. The summed E-state index contributed by atoms with van der Waals surface area (Å²) in [5.74, 6) is 0. The van der Waals surface area contributed by atoms with Crippen molar-refractivity contribution in [3.8, 4) is 0 Å². The summed E-state index contributed by atoms with van der Waals surface area (Å²) in [5, 5.41) is 9.96. The van der Waals surface area contributed by atoms with Gasteiger partial charge in [-0.15, -0.1) is 0 Å². The second-order valence-corrected chi connectivity index (χ2v) is 6.31. The van der Waals surface area contributed by atoms with Gasteiger partial charge in [-0.25, -0.2) is 9.52 Å². The minimum atomic E-state index is -3.99. The predicted octanol–water partition coefficient (Wildman–Crippen LogP) is 0.260. The van der Waals surface area contributed by atoms with Crippen LogP contribution in [0.25, 0.3) is 0 Å². The molecule has 1 amide bonds. The Bertz CT molecular complexity index is 387. The van der Waals surface area contributed by atoms with E-state index in [0.717, 1.165) is 12.8 Å². The molecule has 3 N–H and O–H groups in total. The number of hydrogen-bond acceptors (Lipinski definition) is 5. The van der Waals surface area contributed by atoms with Crippen LogP contribution < -0.4 is 9.44 Å². The minimum absolute atomic E-state index is 0.0999. The van der Waals surface area contributed by atoms with Gasteiger partial charge in [0.2, 0.25) is 0 Å². The molecule has 106 valence electrons. The van der Waals surface area contributed by atoms with Crippen LogP contribution in [0.3, 0.4) is 0 Å². The van der Waals surface area contributed by atoms with E-state index < -0.39 is 28.0 Å². The molecule has 8 heteroatoms. The SMILES string of the molecule is CC(C)OC(=O)NS(=O)(=O)NCC1(O)CCCC1. The predicted molar refractivity (Wildman–Crippen MR) is 65.1 cm³/mol. The van der Waals surface area contributed by atoms with Crippen molar-refractivity contribution in [3.05, 3.63) is 0 Å². The maximum Gasteiger partial charge on any atom is 0.422 e. The van der Waals surface area contributed by atoms with Crippen molar-refractivity contribution >= 4 is 16.3 Å². The molecule has 0 heterocycles. The number of carbonyl (C=O) groups is 1. The third-order valence-corrected chi connectivity index (χ3v) is 3.65. The Morgan fingerprint density at radius 1 is 1.39 bits per heavy atom. The molecule has 0 aromatic heterocycles. The number of nitrogens with one attached hydrogen (secondary N) is 2. The van der Waals surface area contributed by atoms with E-state index >= 15 is 0 Å². The fourth-order valence-electron chi connectivity index (χ4n) is 1.82. The zero-order valence-electron chi connectivity index (χ0n) is 10.6. The summed E-state index contributed by atoms with van der Waals surface area (Å²) in [6.45, 7) is 3.12. The van der Waals surface area contributed by atoms with E-state index in [1.54, 1.807) is 18.6 Å². The molecule has 7 nitrogen and oxygen atoms in total. The molecule has 0 radical (unpaired) electrons. The quantitative estimate of drug-likeness (QED) is 0.670. The number of ether oxygens (including phenoxy) is 1. The molecule has 18 heavy (non-hydrogen) atoms. The Morgan fingerprint density at radius 2 is 1.94 bits per heavy atom. The van der Waals surface area contributed by atoms with Gasteiger partial charge in [0.05, 0.1) is 11.7 Å². The van der Waals surface area contributed by atoms with E-state index in [9.17, 15) is 18.3 Å². The molecule has 0 bridgehead atoms. The maximum absolute atomic E-state index is 11.5. The molecular formula is C10H20N2O5S. The molecule has 0 aliphatic heterocycles. The zero-order chi connectivity index (χ0) is 13.8. The highest BCUT2D eigenvalue weighted by Crippen LogP contribution is 2.28. The molecule has 1 aliphatic rings. The molecule has 1 saturated carbocycles. The van der Waals surface area contributed by atoms with E-state index in [4.69, 9.17) is 0 Å². The summed E-state index contributed by atoms with van der Waals surface area (Å²) in [5.41, 5.74) is -1.00. The van der Waals surface area contributed by atoms with Gasteiger partial charge in [0, 0.05) is 6.54 Å². The highest BCUT2D eigenvalue weighted by atomic mass is 32.2. The summed E-state index contributed by atoms with van der Waals surface area (Å²) in [6.07, 6.45) is 1.44. The van der Waals surface area contributed by atoms with E-state index in [1.165, 1.54) is 0 Å². The first-order valence-corrected chi connectivity index (χ1v) is 7.41. The molecular weight excluding hydrogens is 260 g/mol. The fraction of sp³-hybridized carbons (Fsp3) is 0.900. The van der Waals surface area contributed by atoms with Crippen LogP contribution >= 0.6 is 0 Å². The second-order valence-electron chi connectivity index (χ2n) is 4.81. The van der Waals surface area contributed by atoms with E-state index in [0.29, 0.717) is 12.8 Å². The molecule has 0 atom stereocenters. The number of hydrogen-bond donors (Lipinski definition) is 3. The Morgan fingerprint density at radius 3 is 2.44 bits per heavy atom. The number of rotatable bonds is 5. The Kier molecular flexibility index (Phi) is 4.94. The van der Waals surface area contributed by atoms with Crippen LogP contribution in [0.15, 0.2) is 0 Å². The van der Waals surface area contributed by atoms with Crippen LogP contribution in [0.2, 0.25) is 0 Å². The van der Waals surface area contributed by atoms with Crippen molar-refractivity contribution in [3.63, 3.8) is 0 Å². The zero-order valence-corrected chi connectivity index (χ0v) is 11.4. The first kappa shape index (κ1) is 15.2. The lowest BCUT2D eigenvalue weighted by atomic mass is 10.0. The van der Waals surface area contributed by atoms with Crippen LogP contribution in [0.4, 0.5) is 4.79 Å². The fourth-order valence-corrected chi connectivity index (χ4v) is 2.62. The van der Waals surface area contributed by atoms with Crippen molar-refractivity contribution < 1.29 is 23.1 Å². The second kappa shape index (κ2) is 5.85. The molecule has 0 aromatic rings. The molecule has 1 fully saturated rings. The average molecular weight is 280 g/mol. The van der Waals surface area contributed by atoms with Crippen LogP contribution in [0.5, 0.6) is 0 Å². The van der Waals surface area contributed by atoms with E-state index in [2.05, 4.69) is 9.46 Å². The maximum atomic E-state index is 11.5. The van der Waals surface area contributed by atoms with Crippen molar-refractivity contribution in [2.24, 2.45) is 0 Å². The third kappa shape index (κ3) is 5.19. The number of aliphatic hydroxyl groups is 1. The molecule has 0 spiro atoms. The largest absolute Gasteiger partial charge is 0.446 e. The Hall–Kier alpha value is -0.860. The Labute approximate surface area is 107 Å². The summed E-state index contributed by atoms with van der Waals surface area (Å²) in [7, 11) is -3.99. The Balaban J connectivity index is 2.42. The van der Waals surface area contributed by atoms with Gasteiger partial charge in [-0.1, -0.05) is 12.8 Å². The molecule has 1 aliphatic carbocycles. The van der Waals surface area contributed by atoms with Gasteiger partial charge in [-0.05, 0) is 26.7 Å². The third-order valence-electron chi connectivity index (χ3n) is 2.69. The van der Waals surface area contributed by atoms with E-state index in [1.807, 2.05) is 0 Å². The standard InChI is InChI=1S/C10H20N2O5S/c1-8(2)17-9(13)12-18(15,16)11-7-10(14)5-3-4-6-10/h8,11,14H,3-7H2,1-2H3,(H,12,13). The van der Waals surface area contributed by atoms with Crippen molar-refractivity contribution in [2.45, 2.75) is 51.2 Å². The summed E-state index contributed by atoms with van der Waals surface area (Å²) in [6, 6.07) is 0. The molecule has 1 rings (SSSR count). The van der Waals surface area contributed by atoms with Crippen LogP contribution in [0.1, 0.15) is 39.5 Å². The lowest BCUT2D eigenvalue weighted by Gasteiger charge is -2.22. The van der Waals surface area contributed by atoms with Crippen molar-refractivity contribution in [1.29, 1.82) is 0 Å². The highest BCUT2D eigenvalue weighted by Gasteiger charge is 2.32. The van der Waals surface area contributed by atoms with Crippen molar-refractivity contribution in [2.75, 3.05) is 6.54 Å². The average Bonchev–Trinajstić information content (AvgIpc) is 2.61. The van der Waals surface area contributed by atoms with Gasteiger partial charge in [0.25, 0.3) is 0 Å². The lowest BCUT2D eigenvalue weighted by molar-refractivity contribution is 0.0530.